The van der Waals surface area contributed by atoms with Crippen LogP contribution in [0.15, 0.2) is 39.8 Å². The van der Waals surface area contributed by atoms with Crippen molar-refractivity contribution in [2.75, 3.05) is 18.0 Å². The van der Waals surface area contributed by atoms with E-state index in [1.807, 2.05) is 42.8 Å². The van der Waals surface area contributed by atoms with Gasteiger partial charge in [0.25, 0.3) is 0 Å². The highest BCUT2D eigenvalue weighted by atomic mass is 16.4. The van der Waals surface area contributed by atoms with E-state index in [1.54, 1.807) is 6.07 Å². The number of hydrogen-bond donors (Lipinski definition) is 1. The molecule has 0 amide bonds. The van der Waals surface area contributed by atoms with E-state index in [-0.39, 0.29) is 0 Å². The van der Waals surface area contributed by atoms with Crippen LogP contribution in [0.4, 0.5) is 5.82 Å². The number of nitrogens with one attached hydrogen (secondary N) is 1. The van der Waals surface area contributed by atoms with Crippen LogP contribution < -0.4 is 15.8 Å². The Bertz CT molecular complexity index is 1320. The molecule has 0 aliphatic carbocycles. The minimum absolute atomic E-state index is 0.315. The summed E-state index contributed by atoms with van der Waals surface area (Å²) in [4.78, 5) is 28.7. The summed E-state index contributed by atoms with van der Waals surface area (Å²) < 4.78 is 7.51. The first-order chi connectivity index (χ1) is 14.4. The van der Waals surface area contributed by atoms with Crippen LogP contribution in [0, 0.1) is 13.8 Å². The van der Waals surface area contributed by atoms with Crippen LogP contribution in [0.1, 0.15) is 25.2 Å². The first-order valence-corrected chi connectivity index (χ1v) is 10.2. The van der Waals surface area contributed by atoms with Gasteiger partial charge >= 0.3 is 5.63 Å². The quantitative estimate of drug-likeness (QED) is 0.549. The molecule has 5 rings (SSSR count). The van der Waals surface area contributed by atoms with Gasteiger partial charge in [0, 0.05) is 43.0 Å². The second-order valence-electron chi connectivity index (χ2n) is 8.15. The molecule has 5 heterocycles. The van der Waals surface area contributed by atoms with E-state index in [0.29, 0.717) is 29.1 Å². The lowest BCUT2D eigenvalue weighted by Gasteiger charge is -2.38. The summed E-state index contributed by atoms with van der Waals surface area (Å²) in [7, 11) is 0. The summed E-state index contributed by atoms with van der Waals surface area (Å²) in [5.74, 6) is 0.823. The van der Waals surface area contributed by atoms with Crippen molar-refractivity contribution in [2.45, 2.75) is 39.8 Å². The van der Waals surface area contributed by atoms with E-state index in [9.17, 15) is 4.79 Å². The lowest BCUT2D eigenvalue weighted by Crippen LogP contribution is -2.54. The topological polar surface area (TPSA) is 88.6 Å². The standard InChI is InChI=1S/C22H24N6O2/c1-12-10-28(14(3)8-23-12)19-6-5-16-7-17(22(29)30-21(16)26-19)18-11-27-9-13(2)24-15(4)20(27)25-18/h5-7,9,11-12,14,23H,8,10H2,1-4H3/t12-,14+/m0/s1. The molecule has 0 spiro atoms. The lowest BCUT2D eigenvalue weighted by molar-refractivity contribution is 0.422. The van der Waals surface area contributed by atoms with Crippen LogP contribution >= 0.6 is 0 Å². The van der Waals surface area contributed by atoms with Crippen LogP contribution in [0.5, 0.6) is 0 Å². The van der Waals surface area contributed by atoms with Gasteiger partial charge in [0.2, 0.25) is 5.71 Å². The van der Waals surface area contributed by atoms with E-state index in [1.165, 1.54) is 0 Å². The molecule has 0 radical (unpaired) electrons. The van der Waals surface area contributed by atoms with Crippen molar-refractivity contribution in [2.24, 2.45) is 0 Å². The summed E-state index contributed by atoms with van der Waals surface area (Å²) in [6.45, 7) is 9.90. The van der Waals surface area contributed by atoms with Crippen molar-refractivity contribution in [1.29, 1.82) is 0 Å². The number of pyridine rings is 1. The molecular formula is C22H24N6O2. The maximum atomic E-state index is 12.8. The summed E-state index contributed by atoms with van der Waals surface area (Å²) in [5, 5.41) is 4.24. The van der Waals surface area contributed by atoms with Gasteiger partial charge in [0.15, 0.2) is 5.65 Å². The number of nitrogens with zero attached hydrogens (tertiary/aromatic N) is 5. The van der Waals surface area contributed by atoms with Crippen LogP contribution in [0.25, 0.3) is 28.0 Å². The molecule has 0 saturated carbocycles. The highest BCUT2D eigenvalue weighted by molar-refractivity contribution is 5.80. The molecule has 30 heavy (non-hydrogen) atoms. The van der Waals surface area contributed by atoms with Crippen molar-refractivity contribution in [3.8, 4) is 11.3 Å². The Morgan fingerprint density at radius 2 is 1.97 bits per heavy atom. The van der Waals surface area contributed by atoms with Gasteiger partial charge in [-0.25, -0.2) is 9.78 Å². The normalized spacial score (nSPS) is 19.7. The minimum Gasteiger partial charge on any atom is -0.403 e. The number of piperazine rings is 1. The zero-order chi connectivity index (χ0) is 21.0. The Balaban J connectivity index is 1.58. The largest absolute Gasteiger partial charge is 0.403 e. The Labute approximate surface area is 173 Å². The van der Waals surface area contributed by atoms with Crippen LogP contribution in [0.2, 0.25) is 0 Å². The molecule has 2 atom stereocenters. The van der Waals surface area contributed by atoms with Gasteiger partial charge in [-0.1, -0.05) is 0 Å². The number of rotatable bonds is 2. The van der Waals surface area contributed by atoms with Crippen molar-refractivity contribution in [1.82, 2.24) is 24.7 Å². The third kappa shape index (κ3) is 3.13. The maximum Gasteiger partial charge on any atom is 0.347 e. The molecule has 1 saturated heterocycles. The summed E-state index contributed by atoms with van der Waals surface area (Å²) in [6, 6.07) is 6.44. The van der Waals surface area contributed by atoms with Crippen molar-refractivity contribution in [3.63, 3.8) is 0 Å². The van der Waals surface area contributed by atoms with Gasteiger partial charge in [-0.2, -0.15) is 4.98 Å². The number of aryl methyl sites for hydroxylation is 2. The van der Waals surface area contributed by atoms with E-state index in [4.69, 9.17) is 4.42 Å². The smallest absolute Gasteiger partial charge is 0.347 e. The highest BCUT2D eigenvalue weighted by Gasteiger charge is 2.24. The predicted molar refractivity (Wildman–Crippen MR) is 116 cm³/mol. The van der Waals surface area contributed by atoms with Crippen LogP contribution in [-0.2, 0) is 0 Å². The van der Waals surface area contributed by atoms with E-state index >= 15 is 0 Å². The Morgan fingerprint density at radius 3 is 2.80 bits per heavy atom. The van der Waals surface area contributed by atoms with Crippen molar-refractivity contribution in [3.05, 3.63) is 52.4 Å². The summed E-state index contributed by atoms with van der Waals surface area (Å²) >= 11 is 0. The fourth-order valence-corrected chi connectivity index (χ4v) is 4.10. The fourth-order valence-electron chi connectivity index (χ4n) is 4.10. The molecule has 0 bridgehead atoms. The Hall–Kier alpha value is -3.26. The van der Waals surface area contributed by atoms with Crippen molar-refractivity contribution < 1.29 is 4.42 Å². The zero-order valence-corrected chi connectivity index (χ0v) is 17.5. The van der Waals surface area contributed by atoms with E-state index in [0.717, 1.165) is 41.3 Å². The number of fused-ring (bicyclic) bond motifs is 2. The minimum atomic E-state index is -0.445. The molecule has 8 nitrogen and oxygen atoms in total. The van der Waals surface area contributed by atoms with E-state index in [2.05, 4.69) is 39.0 Å². The number of aromatic nitrogens is 4. The number of imidazole rings is 1. The van der Waals surface area contributed by atoms with Gasteiger partial charge < -0.3 is 19.0 Å². The summed E-state index contributed by atoms with van der Waals surface area (Å²) in [5.41, 5.74) is 3.32. The first-order valence-electron chi connectivity index (χ1n) is 10.2. The van der Waals surface area contributed by atoms with E-state index < -0.39 is 5.63 Å². The molecule has 1 N–H and O–H groups in total. The summed E-state index contributed by atoms with van der Waals surface area (Å²) in [6.07, 6.45) is 3.73. The third-order valence-electron chi connectivity index (χ3n) is 5.64. The van der Waals surface area contributed by atoms with Gasteiger partial charge in [0.1, 0.15) is 5.82 Å². The molecule has 1 aliphatic heterocycles. The second-order valence-corrected chi connectivity index (χ2v) is 8.15. The fraction of sp³-hybridized carbons (Fsp3) is 0.364. The predicted octanol–water partition coefficient (Wildman–Crippen LogP) is 2.70. The van der Waals surface area contributed by atoms with Gasteiger partial charge in [-0.3, -0.25) is 4.98 Å². The molecule has 4 aromatic rings. The Morgan fingerprint density at radius 1 is 1.13 bits per heavy atom. The molecule has 154 valence electrons. The Kier molecular flexibility index (Phi) is 4.32. The van der Waals surface area contributed by atoms with Crippen LogP contribution in [-0.4, -0.2) is 44.5 Å². The third-order valence-corrected chi connectivity index (χ3v) is 5.64. The van der Waals surface area contributed by atoms with Crippen molar-refractivity contribution >= 4 is 22.6 Å². The molecule has 0 aromatic carbocycles. The molecule has 1 fully saturated rings. The second kappa shape index (κ2) is 6.91. The van der Waals surface area contributed by atoms with Gasteiger partial charge in [0.05, 0.1) is 22.6 Å². The van der Waals surface area contributed by atoms with Gasteiger partial charge in [-0.15, -0.1) is 0 Å². The molecule has 0 unspecified atom stereocenters. The molecule has 1 aliphatic rings. The molecule has 8 heteroatoms. The first kappa shape index (κ1) is 18.7. The maximum absolute atomic E-state index is 12.8. The SMILES string of the molecule is Cc1cn2cc(-c3cc4ccc(N5C[C@H](C)NC[C@H]5C)nc4oc3=O)nc2c(C)n1. The average molecular weight is 404 g/mol. The highest BCUT2D eigenvalue weighted by Crippen LogP contribution is 2.24. The number of anilines is 1. The number of hydrogen-bond acceptors (Lipinski definition) is 7. The average Bonchev–Trinajstić information content (AvgIpc) is 3.13. The molecule has 4 aromatic heterocycles. The molecular weight excluding hydrogens is 380 g/mol. The van der Waals surface area contributed by atoms with Gasteiger partial charge in [-0.05, 0) is 45.9 Å². The lowest BCUT2D eigenvalue weighted by atomic mass is 10.1. The zero-order valence-electron chi connectivity index (χ0n) is 17.5. The monoisotopic (exact) mass is 404 g/mol. The van der Waals surface area contributed by atoms with Crippen LogP contribution in [0.3, 0.4) is 0 Å².